The van der Waals surface area contributed by atoms with E-state index in [1.807, 2.05) is 31.1 Å². The number of aromatic hydroxyl groups is 1. The maximum atomic E-state index is 13.3. The van der Waals surface area contributed by atoms with E-state index < -0.39 is 12.1 Å². The number of pyridine rings is 2. The number of carbonyl (C=O) groups excluding carboxylic acids is 1. The highest BCUT2D eigenvalue weighted by molar-refractivity contribution is 5.87. The summed E-state index contributed by atoms with van der Waals surface area (Å²) in [6.07, 6.45) is -0.421. The number of esters is 1. The molecule has 0 spiro atoms. The van der Waals surface area contributed by atoms with E-state index >= 15 is 0 Å². The minimum atomic E-state index is -0.897. The van der Waals surface area contributed by atoms with E-state index in [0.29, 0.717) is 29.8 Å². The third kappa shape index (κ3) is 2.64. The smallest absolute Gasteiger partial charge is 0.340 e. The molecule has 2 aliphatic rings. The van der Waals surface area contributed by atoms with Crippen LogP contribution in [0.1, 0.15) is 34.2 Å². The van der Waals surface area contributed by atoms with Gasteiger partial charge in [-0.15, -0.1) is 0 Å². The average Bonchev–Trinajstić information content (AvgIpc) is 3.06. The van der Waals surface area contributed by atoms with E-state index in [9.17, 15) is 14.7 Å². The summed E-state index contributed by atoms with van der Waals surface area (Å²) in [6, 6.07) is 7.20. The molecular weight excluding hydrogens is 386 g/mol. The van der Waals surface area contributed by atoms with Gasteiger partial charge in [0.1, 0.15) is 12.4 Å². The Labute approximate surface area is 172 Å². The largest absolute Gasteiger partial charge is 0.508 e. The maximum absolute atomic E-state index is 13.3. The zero-order valence-electron chi connectivity index (χ0n) is 16.9. The quantitative estimate of drug-likeness (QED) is 0.518. The van der Waals surface area contributed by atoms with E-state index in [4.69, 9.17) is 14.5 Å². The van der Waals surface area contributed by atoms with E-state index in [1.165, 1.54) is 7.11 Å². The van der Waals surface area contributed by atoms with Crippen LogP contribution in [-0.4, -0.2) is 46.7 Å². The van der Waals surface area contributed by atoms with Crippen molar-refractivity contribution in [3.05, 3.63) is 62.7 Å². The van der Waals surface area contributed by atoms with Gasteiger partial charge in [-0.2, -0.15) is 0 Å². The molecule has 2 aliphatic heterocycles. The van der Waals surface area contributed by atoms with Crippen LogP contribution in [0, 0.1) is 0 Å². The first-order valence-corrected chi connectivity index (χ1v) is 9.65. The number of cyclic esters (lactones) is 1. The van der Waals surface area contributed by atoms with Gasteiger partial charge in [0.25, 0.3) is 5.56 Å². The number of hydrogen-bond acceptors (Lipinski definition) is 7. The Hall–Kier alpha value is -3.23. The molecule has 1 atom stereocenters. The fraction of sp³-hybridized carbons (Fsp3) is 0.318. The van der Waals surface area contributed by atoms with Crippen molar-refractivity contribution in [3.63, 3.8) is 0 Å². The zero-order valence-corrected chi connectivity index (χ0v) is 16.9. The Balaban J connectivity index is 1.74. The molecule has 0 radical (unpaired) electrons. The SMILES string of the molecule is CO[C@@H]1C(=O)OCc2c1cc1n(c2=O)-c2cc3c(CN(C)C)c(O)ccc3nc2C1. The normalized spacial score (nSPS) is 17.1. The minimum absolute atomic E-state index is 0.0733. The van der Waals surface area contributed by atoms with Crippen LogP contribution in [0.3, 0.4) is 0 Å². The first kappa shape index (κ1) is 18.8. The van der Waals surface area contributed by atoms with Crippen molar-refractivity contribution in [3.8, 4) is 11.4 Å². The zero-order chi connectivity index (χ0) is 21.2. The summed E-state index contributed by atoms with van der Waals surface area (Å²) in [4.78, 5) is 32.1. The number of phenolic OH excluding ortho intramolecular Hbond substituents is 1. The second-order valence-corrected chi connectivity index (χ2v) is 7.93. The first-order chi connectivity index (χ1) is 14.4. The number of benzene rings is 1. The number of methoxy groups -OCH3 is 1. The second-order valence-electron chi connectivity index (χ2n) is 7.93. The Bertz CT molecular complexity index is 1280. The van der Waals surface area contributed by atoms with Gasteiger partial charge in [0.2, 0.25) is 0 Å². The molecule has 5 rings (SSSR count). The van der Waals surface area contributed by atoms with E-state index in [-0.39, 0.29) is 17.9 Å². The lowest BCUT2D eigenvalue weighted by atomic mass is 10.0. The molecule has 0 amide bonds. The van der Waals surface area contributed by atoms with Crippen molar-refractivity contribution >= 4 is 16.9 Å². The van der Waals surface area contributed by atoms with Gasteiger partial charge < -0.3 is 19.5 Å². The predicted molar refractivity (Wildman–Crippen MR) is 109 cm³/mol. The molecule has 154 valence electrons. The number of carbonyl (C=O) groups is 1. The van der Waals surface area contributed by atoms with Crippen molar-refractivity contribution < 1.29 is 19.4 Å². The average molecular weight is 407 g/mol. The molecule has 0 saturated carbocycles. The van der Waals surface area contributed by atoms with Crippen molar-refractivity contribution in [2.75, 3.05) is 21.2 Å². The summed E-state index contributed by atoms with van der Waals surface area (Å²) >= 11 is 0. The maximum Gasteiger partial charge on any atom is 0.340 e. The Morgan fingerprint density at radius 1 is 1.30 bits per heavy atom. The van der Waals surface area contributed by atoms with Crippen LogP contribution in [0.15, 0.2) is 29.1 Å². The summed E-state index contributed by atoms with van der Waals surface area (Å²) in [6.45, 7) is 0.469. The van der Waals surface area contributed by atoms with Gasteiger partial charge >= 0.3 is 5.97 Å². The van der Waals surface area contributed by atoms with E-state index in [0.717, 1.165) is 27.9 Å². The molecule has 0 saturated heterocycles. The van der Waals surface area contributed by atoms with E-state index in [2.05, 4.69) is 0 Å². The van der Waals surface area contributed by atoms with Gasteiger partial charge in [-0.25, -0.2) is 4.79 Å². The third-order valence-electron chi connectivity index (χ3n) is 5.72. The topological polar surface area (TPSA) is 93.9 Å². The molecule has 0 aliphatic carbocycles. The monoisotopic (exact) mass is 407 g/mol. The molecule has 1 N–H and O–H groups in total. The molecule has 30 heavy (non-hydrogen) atoms. The first-order valence-electron chi connectivity index (χ1n) is 9.65. The Kier molecular flexibility index (Phi) is 4.16. The van der Waals surface area contributed by atoms with Crippen LogP contribution >= 0.6 is 0 Å². The van der Waals surface area contributed by atoms with Crippen LogP contribution in [0.25, 0.3) is 16.6 Å². The van der Waals surface area contributed by atoms with Gasteiger partial charge in [0, 0.05) is 42.3 Å². The highest BCUT2D eigenvalue weighted by Gasteiger charge is 2.35. The van der Waals surface area contributed by atoms with Gasteiger partial charge in [-0.1, -0.05) is 0 Å². The fourth-order valence-corrected chi connectivity index (χ4v) is 4.36. The van der Waals surface area contributed by atoms with Gasteiger partial charge in [0.15, 0.2) is 6.10 Å². The number of hydrogen-bond donors (Lipinski definition) is 1. The number of phenols is 1. The standard InChI is InChI=1S/C22H21N3O5/c1-24(2)9-14-12-8-18-17(23-16(12)4-5-19(14)26)7-11-6-13-15(21(27)25(11)18)10-30-22(28)20(13)29-3/h4-6,8,20,26H,7,9-10H2,1-3H3/t20-/m0/s1. The number of nitrogens with zero attached hydrogens (tertiary/aromatic N) is 3. The molecule has 4 heterocycles. The number of rotatable bonds is 3. The van der Waals surface area contributed by atoms with Crippen molar-refractivity contribution in [1.29, 1.82) is 0 Å². The molecular formula is C22H21N3O5. The molecule has 2 aromatic heterocycles. The van der Waals surface area contributed by atoms with E-state index in [1.54, 1.807) is 16.7 Å². The van der Waals surface area contributed by atoms with Crippen LogP contribution in [0.5, 0.6) is 5.75 Å². The predicted octanol–water partition coefficient (Wildman–Crippen LogP) is 1.80. The van der Waals surface area contributed by atoms with Crippen molar-refractivity contribution in [2.24, 2.45) is 0 Å². The lowest BCUT2D eigenvalue weighted by Crippen LogP contribution is -2.33. The lowest BCUT2D eigenvalue weighted by Gasteiger charge is -2.24. The number of fused-ring (bicyclic) bond motifs is 5. The van der Waals surface area contributed by atoms with Crippen LogP contribution in [0.2, 0.25) is 0 Å². The second kappa shape index (κ2) is 6.65. The minimum Gasteiger partial charge on any atom is -0.508 e. The molecule has 1 aromatic carbocycles. The summed E-state index contributed by atoms with van der Waals surface area (Å²) < 4.78 is 12.1. The Morgan fingerprint density at radius 2 is 2.10 bits per heavy atom. The number of aromatic nitrogens is 2. The van der Waals surface area contributed by atoms with Crippen LogP contribution in [0.4, 0.5) is 0 Å². The third-order valence-corrected chi connectivity index (χ3v) is 5.72. The van der Waals surface area contributed by atoms with Gasteiger partial charge in [0.05, 0.1) is 22.5 Å². The van der Waals surface area contributed by atoms with Crippen molar-refractivity contribution in [2.45, 2.75) is 25.7 Å². The summed E-state index contributed by atoms with van der Waals surface area (Å²) in [5, 5.41) is 11.2. The molecule has 0 fully saturated rings. The molecule has 8 nitrogen and oxygen atoms in total. The van der Waals surface area contributed by atoms with Crippen LogP contribution in [-0.2, 0) is 33.8 Å². The lowest BCUT2D eigenvalue weighted by molar-refractivity contribution is -0.159. The molecule has 0 bridgehead atoms. The fourth-order valence-electron chi connectivity index (χ4n) is 4.36. The van der Waals surface area contributed by atoms with Gasteiger partial charge in [-0.05, 0) is 38.4 Å². The molecule has 3 aromatic rings. The number of ether oxygens (including phenoxy) is 2. The molecule has 8 heteroatoms. The van der Waals surface area contributed by atoms with Crippen LogP contribution < -0.4 is 5.56 Å². The summed E-state index contributed by atoms with van der Waals surface area (Å²) in [5.41, 5.74) is 4.52. The van der Waals surface area contributed by atoms with Crippen molar-refractivity contribution in [1.82, 2.24) is 14.5 Å². The molecule has 0 unspecified atom stereocenters. The summed E-state index contributed by atoms with van der Waals surface area (Å²) in [5.74, 6) is -0.290. The Morgan fingerprint density at radius 3 is 2.83 bits per heavy atom. The highest BCUT2D eigenvalue weighted by Crippen LogP contribution is 2.35. The van der Waals surface area contributed by atoms with Gasteiger partial charge in [-0.3, -0.25) is 14.3 Å². The summed E-state index contributed by atoms with van der Waals surface area (Å²) in [7, 11) is 5.28. The highest BCUT2D eigenvalue weighted by atomic mass is 16.6.